The summed E-state index contributed by atoms with van der Waals surface area (Å²) in [6.45, 7) is 4.56. The van der Waals surface area contributed by atoms with Crippen LogP contribution in [0.2, 0.25) is 0 Å². The largest absolute Gasteiger partial charge is 0.0945 e. The first kappa shape index (κ1) is 26.6. The van der Waals surface area contributed by atoms with Crippen LogP contribution in [0, 0.1) is 17.8 Å². The molecule has 0 unspecified atom stereocenters. The zero-order valence-electron chi connectivity index (χ0n) is 22.1. The van der Waals surface area contributed by atoms with Gasteiger partial charge in [0, 0.05) is 11.5 Å². The molecule has 1 aliphatic rings. The van der Waals surface area contributed by atoms with E-state index in [-0.39, 0.29) is 0 Å². The number of hydrogen-bond donors (Lipinski definition) is 0. The molecule has 0 radical (unpaired) electrons. The fraction of sp³-hybridized carbons (Fsp3) is 0.588. The van der Waals surface area contributed by atoms with Crippen molar-refractivity contribution in [3.63, 3.8) is 0 Å². The van der Waals surface area contributed by atoms with Gasteiger partial charge in [-0.25, -0.2) is 0 Å². The molecule has 0 bridgehead atoms. The van der Waals surface area contributed by atoms with E-state index in [1.165, 1.54) is 119 Å². The first-order valence-corrected chi connectivity index (χ1v) is 14.5. The maximum atomic E-state index is 3.59. The summed E-state index contributed by atoms with van der Waals surface area (Å²) >= 11 is 0. The van der Waals surface area contributed by atoms with E-state index in [2.05, 4.69) is 74.2 Å². The van der Waals surface area contributed by atoms with E-state index in [1.54, 1.807) is 5.56 Å². The Kier molecular flexibility index (Phi) is 12.4. The molecule has 1 aliphatic carbocycles. The third-order valence-electron chi connectivity index (χ3n) is 7.69. The van der Waals surface area contributed by atoms with Crippen molar-refractivity contribution < 1.29 is 0 Å². The molecular weight excluding hydrogens is 408 g/mol. The molecule has 0 aromatic heterocycles. The van der Waals surface area contributed by atoms with Crippen LogP contribution in [-0.4, -0.2) is 0 Å². The van der Waals surface area contributed by atoms with E-state index < -0.39 is 0 Å². The molecule has 2 aromatic carbocycles. The summed E-state index contributed by atoms with van der Waals surface area (Å²) in [7, 11) is 0. The van der Waals surface area contributed by atoms with Crippen LogP contribution >= 0.6 is 0 Å². The molecule has 1 fully saturated rings. The molecule has 0 nitrogen and oxygen atoms in total. The molecule has 0 N–H and O–H groups in total. The Morgan fingerprint density at radius 1 is 0.588 bits per heavy atom. The molecule has 34 heavy (non-hydrogen) atoms. The predicted octanol–water partition coefficient (Wildman–Crippen LogP) is 10.0. The molecule has 0 heterocycles. The van der Waals surface area contributed by atoms with Crippen LogP contribution in [-0.2, 0) is 12.8 Å². The van der Waals surface area contributed by atoms with E-state index in [0.717, 1.165) is 5.92 Å². The maximum Gasteiger partial charge on any atom is 0.0245 e. The minimum atomic E-state index is 0.567. The lowest BCUT2D eigenvalue weighted by Gasteiger charge is -2.26. The predicted molar refractivity (Wildman–Crippen MR) is 149 cm³/mol. The first-order chi connectivity index (χ1) is 16.8. The first-order valence-electron chi connectivity index (χ1n) is 14.5. The van der Waals surface area contributed by atoms with Crippen molar-refractivity contribution in [3.05, 3.63) is 70.8 Å². The van der Waals surface area contributed by atoms with Crippen LogP contribution in [0.4, 0.5) is 0 Å². The minimum absolute atomic E-state index is 0.567. The third kappa shape index (κ3) is 9.70. The normalized spacial score (nSPS) is 17.8. The fourth-order valence-electron chi connectivity index (χ4n) is 5.33. The van der Waals surface area contributed by atoms with Crippen molar-refractivity contribution in [2.24, 2.45) is 5.92 Å². The standard InChI is InChI=1S/C34H48/c1-3-5-7-9-10-12-14-29-15-17-31(18-16-29)19-20-32-23-27-34(28-24-32)33-25-21-30(22-26-33)13-11-8-6-4-2/h15-18,21-22,25-26,32,34H,3-14,23-24,27-28H2,1-2H3. The van der Waals surface area contributed by atoms with Crippen molar-refractivity contribution in [2.45, 2.75) is 122 Å². The zero-order chi connectivity index (χ0) is 23.8. The molecule has 184 valence electrons. The Hall–Kier alpha value is -2.00. The summed E-state index contributed by atoms with van der Waals surface area (Å²) in [5, 5.41) is 0. The van der Waals surface area contributed by atoms with Gasteiger partial charge in [-0.1, -0.05) is 113 Å². The van der Waals surface area contributed by atoms with Crippen LogP contribution in [0.25, 0.3) is 0 Å². The molecule has 0 amide bonds. The second kappa shape index (κ2) is 15.8. The highest BCUT2D eigenvalue weighted by Gasteiger charge is 2.21. The van der Waals surface area contributed by atoms with Crippen LogP contribution < -0.4 is 0 Å². The second-order valence-corrected chi connectivity index (χ2v) is 10.6. The van der Waals surface area contributed by atoms with Crippen LogP contribution in [0.3, 0.4) is 0 Å². The van der Waals surface area contributed by atoms with Crippen LogP contribution in [0.5, 0.6) is 0 Å². The van der Waals surface area contributed by atoms with E-state index in [0.29, 0.717) is 5.92 Å². The lowest BCUT2D eigenvalue weighted by molar-refractivity contribution is 0.384. The quantitative estimate of drug-likeness (QED) is 0.208. The molecule has 0 spiro atoms. The molecule has 0 atom stereocenters. The van der Waals surface area contributed by atoms with Gasteiger partial charge in [0.1, 0.15) is 0 Å². The van der Waals surface area contributed by atoms with Gasteiger partial charge in [0.2, 0.25) is 0 Å². The van der Waals surface area contributed by atoms with E-state index >= 15 is 0 Å². The number of aryl methyl sites for hydroxylation is 2. The molecule has 0 saturated heterocycles. The molecule has 2 aromatic rings. The summed E-state index contributed by atoms with van der Waals surface area (Å²) < 4.78 is 0. The van der Waals surface area contributed by atoms with Crippen molar-refractivity contribution in [1.82, 2.24) is 0 Å². The monoisotopic (exact) mass is 456 g/mol. The SMILES string of the molecule is CCCCCCCCc1ccc(C#CC2CCC(c3ccc(CCCCCC)cc3)CC2)cc1. The molecule has 0 heteroatoms. The lowest BCUT2D eigenvalue weighted by atomic mass is 9.78. The molecule has 1 saturated carbocycles. The highest BCUT2D eigenvalue weighted by Crippen LogP contribution is 2.35. The highest BCUT2D eigenvalue weighted by atomic mass is 14.2. The Morgan fingerprint density at radius 2 is 1.09 bits per heavy atom. The minimum Gasteiger partial charge on any atom is -0.0945 e. The van der Waals surface area contributed by atoms with Crippen molar-refractivity contribution in [2.75, 3.05) is 0 Å². The van der Waals surface area contributed by atoms with Gasteiger partial charge in [-0.05, 0) is 86.1 Å². The van der Waals surface area contributed by atoms with Gasteiger partial charge in [-0.15, -0.1) is 0 Å². The van der Waals surface area contributed by atoms with Gasteiger partial charge in [0.05, 0.1) is 0 Å². The Bertz CT molecular complexity index is 838. The van der Waals surface area contributed by atoms with E-state index in [4.69, 9.17) is 0 Å². The Morgan fingerprint density at radius 3 is 1.68 bits per heavy atom. The smallest absolute Gasteiger partial charge is 0.0245 e. The summed E-state index contributed by atoms with van der Waals surface area (Å²) in [5.74, 6) is 8.36. The second-order valence-electron chi connectivity index (χ2n) is 10.6. The van der Waals surface area contributed by atoms with Gasteiger partial charge in [-0.3, -0.25) is 0 Å². The fourth-order valence-corrected chi connectivity index (χ4v) is 5.33. The van der Waals surface area contributed by atoms with E-state index in [1.807, 2.05) is 0 Å². The molecule has 3 rings (SSSR count). The van der Waals surface area contributed by atoms with Crippen LogP contribution in [0.1, 0.15) is 132 Å². The topological polar surface area (TPSA) is 0 Å². The van der Waals surface area contributed by atoms with Crippen molar-refractivity contribution in [3.8, 4) is 11.8 Å². The third-order valence-corrected chi connectivity index (χ3v) is 7.69. The number of benzene rings is 2. The zero-order valence-corrected chi connectivity index (χ0v) is 22.1. The molecular formula is C34H48. The van der Waals surface area contributed by atoms with Gasteiger partial charge in [0.25, 0.3) is 0 Å². The lowest BCUT2D eigenvalue weighted by Crippen LogP contribution is -2.12. The number of unbranched alkanes of at least 4 members (excludes halogenated alkanes) is 8. The summed E-state index contributed by atoms with van der Waals surface area (Å²) in [6, 6.07) is 18.6. The Balaban J connectivity index is 1.37. The average molecular weight is 457 g/mol. The maximum absolute atomic E-state index is 3.59. The number of hydrogen-bond acceptors (Lipinski definition) is 0. The van der Waals surface area contributed by atoms with Gasteiger partial charge >= 0.3 is 0 Å². The molecule has 0 aliphatic heterocycles. The van der Waals surface area contributed by atoms with Gasteiger partial charge in [0.15, 0.2) is 0 Å². The summed E-state index contributed by atoms with van der Waals surface area (Å²) in [6.07, 6.45) is 21.1. The average Bonchev–Trinajstić information content (AvgIpc) is 2.89. The van der Waals surface area contributed by atoms with Crippen molar-refractivity contribution >= 4 is 0 Å². The summed E-state index contributed by atoms with van der Waals surface area (Å²) in [5.41, 5.74) is 5.71. The Labute approximate surface area is 211 Å². The van der Waals surface area contributed by atoms with Crippen molar-refractivity contribution in [1.29, 1.82) is 0 Å². The van der Waals surface area contributed by atoms with Crippen LogP contribution in [0.15, 0.2) is 48.5 Å². The summed E-state index contributed by atoms with van der Waals surface area (Å²) in [4.78, 5) is 0. The number of rotatable bonds is 13. The van der Waals surface area contributed by atoms with Gasteiger partial charge < -0.3 is 0 Å². The van der Waals surface area contributed by atoms with Gasteiger partial charge in [-0.2, -0.15) is 0 Å². The highest BCUT2D eigenvalue weighted by molar-refractivity contribution is 5.37. The van der Waals surface area contributed by atoms with E-state index in [9.17, 15) is 0 Å².